The van der Waals surface area contributed by atoms with Crippen molar-refractivity contribution in [2.45, 2.75) is 6.42 Å². The van der Waals surface area contributed by atoms with Gasteiger partial charge in [-0.1, -0.05) is 11.6 Å². The average molecular weight is 324 g/mol. The van der Waals surface area contributed by atoms with Crippen molar-refractivity contribution >= 4 is 39.7 Å². The molecule has 0 aliphatic heterocycles. The van der Waals surface area contributed by atoms with Gasteiger partial charge in [-0.25, -0.2) is 19.5 Å². The van der Waals surface area contributed by atoms with E-state index in [0.717, 1.165) is 0 Å². The van der Waals surface area contributed by atoms with Gasteiger partial charge in [0, 0.05) is 23.3 Å². The lowest BCUT2D eigenvalue weighted by atomic mass is 10.2. The van der Waals surface area contributed by atoms with E-state index >= 15 is 0 Å². The van der Waals surface area contributed by atoms with Crippen molar-refractivity contribution in [1.82, 2.24) is 9.88 Å². The molecule has 0 bridgehead atoms. The molecular weight excluding hydrogens is 315 g/mol. The maximum atomic E-state index is 10.6. The standard InChI is InChI=1S/C9H8BrClN2O4/c10-7-5(6(11)1-3-12-7)2-4-13(8(14)15)9(16)17/h1,3H,2,4H2,(H,14,15)(H,16,17). The number of hydrogen-bond donors (Lipinski definition) is 2. The number of nitrogens with zero attached hydrogens (tertiary/aromatic N) is 2. The Hall–Kier alpha value is -1.34. The minimum Gasteiger partial charge on any atom is -0.465 e. The second kappa shape index (κ2) is 5.83. The summed E-state index contributed by atoms with van der Waals surface area (Å²) >= 11 is 9.05. The summed E-state index contributed by atoms with van der Waals surface area (Å²) in [5.41, 5.74) is 0.571. The Balaban J connectivity index is 2.79. The third kappa shape index (κ3) is 3.57. The van der Waals surface area contributed by atoms with Crippen LogP contribution in [0.1, 0.15) is 5.56 Å². The molecule has 0 aliphatic rings. The Labute approximate surface area is 110 Å². The van der Waals surface area contributed by atoms with Crippen LogP contribution in [0.15, 0.2) is 16.9 Å². The fourth-order valence-electron chi connectivity index (χ4n) is 1.16. The summed E-state index contributed by atoms with van der Waals surface area (Å²) < 4.78 is 0.473. The van der Waals surface area contributed by atoms with E-state index in [-0.39, 0.29) is 17.9 Å². The van der Waals surface area contributed by atoms with E-state index in [2.05, 4.69) is 20.9 Å². The second-order valence-electron chi connectivity index (χ2n) is 3.03. The van der Waals surface area contributed by atoms with Crippen LogP contribution in [0.5, 0.6) is 0 Å². The van der Waals surface area contributed by atoms with Gasteiger partial charge >= 0.3 is 12.2 Å². The number of halogens is 2. The molecule has 0 unspecified atom stereocenters. The molecule has 6 nitrogen and oxygen atoms in total. The van der Waals surface area contributed by atoms with Crippen molar-refractivity contribution in [3.8, 4) is 0 Å². The topological polar surface area (TPSA) is 90.7 Å². The Morgan fingerprint density at radius 1 is 1.41 bits per heavy atom. The molecule has 1 heterocycles. The highest BCUT2D eigenvalue weighted by molar-refractivity contribution is 9.10. The van der Waals surface area contributed by atoms with Gasteiger partial charge in [-0.3, -0.25) is 0 Å². The first-order valence-electron chi connectivity index (χ1n) is 4.45. The van der Waals surface area contributed by atoms with E-state index in [9.17, 15) is 9.59 Å². The number of amides is 2. The van der Waals surface area contributed by atoms with Gasteiger partial charge < -0.3 is 10.2 Å². The lowest BCUT2D eigenvalue weighted by Gasteiger charge is -2.14. The van der Waals surface area contributed by atoms with Crippen molar-refractivity contribution in [2.24, 2.45) is 0 Å². The van der Waals surface area contributed by atoms with Crippen LogP contribution >= 0.6 is 27.5 Å². The van der Waals surface area contributed by atoms with E-state index in [1.54, 1.807) is 6.07 Å². The second-order valence-corrected chi connectivity index (χ2v) is 4.19. The molecule has 17 heavy (non-hydrogen) atoms. The van der Waals surface area contributed by atoms with Crippen LogP contribution in [0.4, 0.5) is 9.59 Å². The van der Waals surface area contributed by atoms with Crippen molar-refractivity contribution in [3.05, 3.63) is 27.5 Å². The first kappa shape index (κ1) is 13.7. The smallest absolute Gasteiger partial charge is 0.416 e. The first-order valence-corrected chi connectivity index (χ1v) is 5.63. The molecule has 2 N–H and O–H groups in total. The molecule has 0 spiro atoms. The fraction of sp³-hybridized carbons (Fsp3) is 0.222. The molecule has 0 aliphatic carbocycles. The molecule has 0 fully saturated rings. The van der Waals surface area contributed by atoms with Crippen LogP contribution in [-0.2, 0) is 6.42 Å². The van der Waals surface area contributed by atoms with E-state index in [0.29, 0.717) is 15.2 Å². The summed E-state index contributed by atoms with van der Waals surface area (Å²) in [6.07, 6.45) is -1.39. The predicted octanol–water partition coefficient (Wildman–Crippen LogP) is 2.70. The van der Waals surface area contributed by atoms with Crippen LogP contribution in [0.3, 0.4) is 0 Å². The van der Waals surface area contributed by atoms with Gasteiger partial charge in [0.05, 0.1) is 0 Å². The van der Waals surface area contributed by atoms with Gasteiger partial charge in [-0.2, -0.15) is 0 Å². The number of rotatable bonds is 3. The number of pyridine rings is 1. The van der Waals surface area contributed by atoms with E-state index in [1.165, 1.54) is 6.20 Å². The number of imide groups is 1. The SMILES string of the molecule is O=C(O)N(CCc1c(Cl)ccnc1Br)C(=O)O. The van der Waals surface area contributed by atoms with E-state index in [1.807, 2.05) is 0 Å². The molecule has 0 radical (unpaired) electrons. The third-order valence-electron chi connectivity index (χ3n) is 1.99. The zero-order valence-corrected chi connectivity index (χ0v) is 10.8. The van der Waals surface area contributed by atoms with Gasteiger partial charge in [0.2, 0.25) is 0 Å². The fourth-order valence-corrected chi connectivity index (χ4v) is 2.05. The largest absolute Gasteiger partial charge is 0.465 e. The first-order chi connectivity index (χ1) is 7.93. The van der Waals surface area contributed by atoms with Crippen molar-refractivity contribution in [2.75, 3.05) is 6.54 Å². The molecule has 0 saturated carbocycles. The molecule has 92 valence electrons. The molecule has 1 aromatic rings. The summed E-state index contributed by atoms with van der Waals surface area (Å²) in [6.45, 7) is -0.200. The molecule has 0 saturated heterocycles. The normalized spacial score (nSPS) is 10.0. The number of carbonyl (C=O) groups is 2. The highest BCUT2D eigenvalue weighted by Crippen LogP contribution is 2.23. The van der Waals surface area contributed by atoms with Gasteiger partial charge in [0.15, 0.2) is 0 Å². The van der Waals surface area contributed by atoms with Crippen molar-refractivity contribution in [3.63, 3.8) is 0 Å². The number of aromatic nitrogens is 1. The lowest BCUT2D eigenvalue weighted by molar-refractivity contribution is 0.123. The van der Waals surface area contributed by atoms with Crippen LogP contribution in [-0.4, -0.2) is 38.8 Å². The van der Waals surface area contributed by atoms with Crippen LogP contribution in [0, 0.1) is 0 Å². The van der Waals surface area contributed by atoms with Gasteiger partial charge in [0.1, 0.15) is 4.60 Å². The molecule has 0 aromatic carbocycles. The maximum absolute atomic E-state index is 10.6. The van der Waals surface area contributed by atoms with Gasteiger partial charge in [-0.15, -0.1) is 0 Å². The average Bonchev–Trinajstić information content (AvgIpc) is 2.21. The van der Waals surface area contributed by atoms with Gasteiger partial charge in [0.25, 0.3) is 0 Å². The summed E-state index contributed by atoms with van der Waals surface area (Å²) in [7, 11) is 0. The Bertz CT molecular complexity index is 420. The van der Waals surface area contributed by atoms with E-state index in [4.69, 9.17) is 21.8 Å². The Kier molecular flexibility index (Phi) is 4.71. The summed E-state index contributed by atoms with van der Waals surface area (Å²) in [4.78, 5) is 25.4. The molecular formula is C9H8BrClN2O4. The van der Waals surface area contributed by atoms with Crippen LogP contribution < -0.4 is 0 Å². The maximum Gasteiger partial charge on any atom is 0.416 e. The summed E-state index contributed by atoms with van der Waals surface area (Å²) in [5, 5.41) is 17.7. The highest BCUT2D eigenvalue weighted by Gasteiger charge is 2.20. The van der Waals surface area contributed by atoms with Crippen LogP contribution in [0.25, 0.3) is 0 Å². The number of hydrogen-bond acceptors (Lipinski definition) is 3. The highest BCUT2D eigenvalue weighted by atomic mass is 79.9. The van der Waals surface area contributed by atoms with Crippen LogP contribution in [0.2, 0.25) is 5.02 Å². The minimum atomic E-state index is -1.52. The molecule has 8 heteroatoms. The Morgan fingerprint density at radius 2 is 2.00 bits per heavy atom. The molecule has 0 atom stereocenters. The van der Waals surface area contributed by atoms with E-state index < -0.39 is 12.2 Å². The lowest BCUT2D eigenvalue weighted by Crippen LogP contribution is -2.36. The number of carboxylic acid groups (broad SMARTS) is 2. The zero-order chi connectivity index (χ0) is 13.0. The molecule has 2 amide bonds. The summed E-state index contributed by atoms with van der Waals surface area (Å²) in [5.74, 6) is 0. The van der Waals surface area contributed by atoms with Gasteiger partial charge in [-0.05, 0) is 28.4 Å². The van der Waals surface area contributed by atoms with Crippen molar-refractivity contribution < 1.29 is 19.8 Å². The Morgan fingerprint density at radius 3 is 2.47 bits per heavy atom. The predicted molar refractivity (Wildman–Crippen MR) is 63.4 cm³/mol. The quantitative estimate of drug-likeness (QED) is 0.835. The molecule has 1 rings (SSSR count). The zero-order valence-electron chi connectivity index (χ0n) is 8.43. The monoisotopic (exact) mass is 322 g/mol. The minimum absolute atomic E-state index is 0.159. The van der Waals surface area contributed by atoms with Crippen molar-refractivity contribution in [1.29, 1.82) is 0 Å². The summed E-state index contributed by atoms with van der Waals surface area (Å²) in [6, 6.07) is 1.55. The molecule has 1 aromatic heterocycles. The third-order valence-corrected chi connectivity index (χ3v) is 3.03.